The smallest absolute Gasteiger partial charge is 0.407 e. The van der Waals surface area contributed by atoms with Crippen LogP contribution in [0.5, 0.6) is 0 Å². The van der Waals surface area contributed by atoms with Crippen LogP contribution in [0.3, 0.4) is 0 Å². The first-order chi connectivity index (χ1) is 11.1. The Labute approximate surface area is 135 Å². The van der Waals surface area contributed by atoms with Gasteiger partial charge in [0.1, 0.15) is 6.61 Å². The van der Waals surface area contributed by atoms with Crippen molar-refractivity contribution in [3.8, 4) is 0 Å². The minimum atomic E-state index is -0.524. The second-order valence-corrected chi connectivity index (χ2v) is 6.13. The molecule has 2 aliphatic rings. The highest BCUT2D eigenvalue weighted by Crippen LogP contribution is 2.45. The van der Waals surface area contributed by atoms with Crippen molar-refractivity contribution >= 4 is 12.1 Å². The summed E-state index contributed by atoms with van der Waals surface area (Å²) < 4.78 is 15.7. The lowest BCUT2D eigenvalue weighted by atomic mass is 9.92. The fourth-order valence-electron chi connectivity index (χ4n) is 3.35. The lowest BCUT2D eigenvalue weighted by Gasteiger charge is -2.38. The molecule has 0 aromatic heterocycles. The summed E-state index contributed by atoms with van der Waals surface area (Å²) in [6, 6.07) is 9.14. The van der Waals surface area contributed by atoms with Crippen LogP contribution in [0, 0.1) is 5.92 Å². The molecule has 6 nitrogen and oxygen atoms in total. The zero-order valence-corrected chi connectivity index (χ0v) is 13.1. The molecule has 1 amide bonds. The molecule has 0 radical (unpaired) electrons. The summed E-state index contributed by atoms with van der Waals surface area (Å²) in [6.07, 6.45) is 1.60. The Balaban J connectivity index is 1.56. The van der Waals surface area contributed by atoms with Gasteiger partial charge in [0.15, 0.2) is 0 Å². The standard InChI is InChI=1S/C17H21NO5/c1-21-15(19)13-9-17(7-8-23-17)10-14(13)18-16(20)22-11-12-5-3-2-4-6-12/h2-6,13-14H,7-11H2,1H3,(H,18,20). The first kappa shape index (κ1) is 15.8. The van der Waals surface area contributed by atoms with Crippen LogP contribution in [0.2, 0.25) is 0 Å². The molecule has 1 spiro atoms. The van der Waals surface area contributed by atoms with Crippen LogP contribution in [-0.2, 0) is 25.6 Å². The van der Waals surface area contributed by atoms with Gasteiger partial charge in [-0.3, -0.25) is 4.79 Å². The maximum Gasteiger partial charge on any atom is 0.407 e. The molecule has 1 saturated heterocycles. The van der Waals surface area contributed by atoms with Crippen LogP contribution in [0.1, 0.15) is 24.8 Å². The summed E-state index contributed by atoms with van der Waals surface area (Å²) in [6.45, 7) is 0.906. The maximum absolute atomic E-state index is 12.0. The van der Waals surface area contributed by atoms with Crippen LogP contribution in [-0.4, -0.2) is 37.4 Å². The predicted molar refractivity (Wildman–Crippen MR) is 81.6 cm³/mol. The molecule has 3 unspecified atom stereocenters. The number of benzene rings is 1. The van der Waals surface area contributed by atoms with Crippen molar-refractivity contribution in [1.82, 2.24) is 5.32 Å². The summed E-state index contributed by atoms with van der Waals surface area (Å²) in [4.78, 5) is 24.0. The summed E-state index contributed by atoms with van der Waals surface area (Å²) >= 11 is 0. The number of carbonyl (C=O) groups excluding carboxylic acids is 2. The second kappa shape index (κ2) is 6.58. The molecule has 3 rings (SSSR count). The molecule has 1 saturated carbocycles. The van der Waals surface area contributed by atoms with Crippen molar-refractivity contribution in [3.05, 3.63) is 35.9 Å². The number of esters is 1. The number of nitrogens with one attached hydrogen (secondary N) is 1. The number of carbonyl (C=O) groups is 2. The van der Waals surface area contributed by atoms with Gasteiger partial charge in [-0.15, -0.1) is 0 Å². The van der Waals surface area contributed by atoms with E-state index in [0.29, 0.717) is 19.4 Å². The van der Waals surface area contributed by atoms with Crippen LogP contribution in [0.15, 0.2) is 30.3 Å². The Morgan fingerprint density at radius 1 is 1.30 bits per heavy atom. The molecule has 1 heterocycles. The molecule has 1 aliphatic heterocycles. The Hall–Kier alpha value is -2.08. The van der Waals surface area contributed by atoms with E-state index < -0.39 is 6.09 Å². The van der Waals surface area contributed by atoms with Gasteiger partial charge < -0.3 is 19.5 Å². The van der Waals surface area contributed by atoms with E-state index in [1.54, 1.807) is 0 Å². The SMILES string of the molecule is COC(=O)C1CC2(CCO2)CC1NC(=O)OCc1ccccc1. The quantitative estimate of drug-likeness (QED) is 0.860. The lowest BCUT2D eigenvalue weighted by Crippen LogP contribution is -2.44. The average molecular weight is 319 g/mol. The van der Waals surface area contributed by atoms with E-state index in [1.807, 2.05) is 30.3 Å². The van der Waals surface area contributed by atoms with Gasteiger partial charge in [0, 0.05) is 6.04 Å². The first-order valence-corrected chi connectivity index (χ1v) is 7.81. The number of amides is 1. The third-order valence-electron chi connectivity index (χ3n) is 4.66. The Bertz CT molecular complexity index is 570. The Morgan fingerprint density at radius 3 is 2.65 bits per heavy atom. The van der Waals surface area contributed by atoms with Crippen molar-refractivity contribution < 1.29 is 23.8 Å². The minimum Gasteiger partial charge on any atom is -0.469 e. The average Bonchev–Trinajstić information content (AvgIpc) is 2.93. The molecule has 1 N–H and O–H groups in total. The van der Waals surface area contributed by atoms with Crippen LogP contribution >= 0.6 is 0 Å². The lowest BCUT2D eigenvalue weighted by molar-refractivity contribution is -0.155. The van der Waals surface area contributed by atoms with E-state index in [2.05, 4.69) is 5.32 Å². The van der Waals surface area contributed by atoms with Crippen molar-refractivity contribution in [2.45, 2.75) is 37.5 Å². The van der Waals surface area contributed by atoms with E-state index >= 15 is 0 Å². The van der Waals surface area contributed by atoms with Gasteiger partial charge in [-0.1, -0.05) is 30.3 Å². The normalized spacial score (nSPS) is 28.9. The van der Waals surface area contributed by atoms with Gasteiger partial charge in [0.25, 0.3) is 0 Å². The molecule has 2 fully saturated rings. The van der Waals surface area contributed by atoms with E-state index in [4.69, 9.17) is 14.2 Å². The van der Waals surface area contributed by atoms with E-state index in [-0.39, 0.29) is 30.1 Å². The first-order valence-electron chi connectivity index (χ1n) is 7.81. The van der Waals surface area contributed by atoms with Crippen molar-refractivity contribution in [2.75, 3.05) is 13.7 Å². The van der Waals surface area contributed by atoms with Gasteiger partial charge >= 0.3 is 12.1 Å². The largest absolute Gasteiger partial charge is 0.469 e. The highest BCUT2D eigenvalue weighted by Gasteiger charge is 2.53. The molecular formula is C17H21NO5. The Morgan fingerprint density at radius 2 is 2.04 bits per heavy atom. The summed E-state index contributed by atoms with van der Waals surface area (Å²) in [5.41, 5.74) is 0.633. The van der Waals surface area contributed by atoms with E-state index in [0.717, 1.165) is 12.0 Å². The van der Waals surface area contributed by atoms with E-state index in [1.165, 1.54) is 7.11 Å². The van der Waals surface area contributed by atoms with Crippen LogP contribution in [0.4, 0.5) is 4.79 Å². The zero-order valence-electron chi connectivity index (χ0n) is 13.1. The molecule has 3 atom stereocenters. The third kappa shape index (κ3) is 3.47. The molecule has 1 aromatic rings. The highest BCUT2D eigenvalue weighted by molar-refractivity contribution is 5.76. The number of hydrogen-bond acceptors (Lipinski definition) is 5. The molecule has 0 bridgehead atoms. The van der Waals surface area contributed by atoms with Crippen LogP contribution in [0.25, 0.3) is 0 Å². The minimum absolute atomic E-state index is 0.198. The molecule has 1 aromatic carbocycles. The monoisotopic (exact) mass is 319 g/mol. The van der Waals surface area contributed by atoms with Crippen molar-refractivity contribution in [3.63, 3.8) is 0 Å². The highest BCUT2D eigenvalue weighted by atomic mass is 16.6. The molecule has 6 heteroatoms. The fourth-order valence-corrected chi connectivity index (χ4v) is 3.35. The third-order valence-corrected chi connectivity index (χ3v) is 4.66. The van der Waals surface area contributed by atoms with Crippen molar-refractivity contribution in [1.29, 1.82) is 0 Å². The maximum atomic E-state index is 12.0. The van der Waals surface area contributed by atoms with Gasteiger partial charge in [0.05, 0.1) is 25.2 Å². The molecular weight excluding hydrogens is 298 g/mol. The predicted octanol–water partition coefficient (Wildman–Crippen LogP) is 2.02. The van der Waals surface area contributed by atoms with E-state index in [9.17, 15) is 9.59 Å². The number of methoxy groups -OCH3 is 1. The second-order valence-electron chi connectivity index (χ2n) is 6.13. The van der Waals surface area contributed by atoms with Gasteiger partial charge in [0.2, 0.25) is 0 Å². The number of hydrogen-bond donors (Lipinski definition) is 1. The molecule has 1 aliphatic carbocycles. The number of ether oxygens (including phenoxy) is 3. The van der Waals surface area contributed by atoms with Crippen LogP contribution < -0.4 is 5.32 Å². The summed E-state index contributed by atoms with van der Waals surface area (Å²) in [7, 11) is 1.36. The molecule has 124 valence electrons. The number of rotatable bonds is 4. The van der Waals surface area contributed by atoms with Gasteiger partial charge in [-0.25, -0.2) is 4.79 Å². The fraction of sp³-hybridized carbons (Fsp3) is 0.529. The topological polar surface area (TPSA) is 73.9 Å². The van der Waals surface area contributed by atoms with Gasteiger partial charge in [-0.05, 0) is 24.8 Å². The summed E-state index contributed by atoms with van der Waals surface area (Å²) in [5.74, 6) is -0.699. The molecule has 23 heavy (non-hydrogen) atoms. The number of alkyl carbamates (subject to hydrolysis) is 1. The van der Waals surface area contributed by atoms with Crippen molar-refractivity contribution in [2.24, 2.45) is 5.92 Å². The Kier molecular flexibility index (Phi) is 4.52. The zero-order chi connectivity index (χ0) is 16.3. The summed E-state index contributed by atoms with van der Waals surface area (Å²) in [5, 5.41) is 2.80. The van der Waals surface area contributed by atoms with Gasteiger partial charge in [-0.2, -0.15) is 0 Å².